The summed E-state index contributed by atoms with van der Waals surface area (Å²) in [5.41, 5.74) is 2.43. The van der Waals surface area contributed by atoms with E-state index in [2.05, 4.69) is 53.2 Å². The van der Waals surface area contributed by atoms with Gasteiger partial charge in [0, 0.05) is 6.42 Å². The minimum absolute atomic E-state index is 0.00337. The van der Waals surface area contributed by atoms with Gasteiger partial charge in [-0.1, -0.05) is 35.0 Å². The molecule has 1 aromatic carbocycles. The minimum atomic E-state index is 0.00337. The van der Waals surface area contributed by atoms with Gasteiger partial charge in [-0.25, -0.2) is 0 Å². The Bertz CT molecular complexity index is 659. The lowest BCUT2D eigenvalue weighted by atomic mass is 9.93. The van der Waals surface area contributed by atoms with Crippen molar-refractivity contribution in [3.8, 4) is 0 Å². The van der Waals surface area contributed by atoms with Crippen LogP contribution >= 0.6 is 0 Å². The third kappa shape index (κ3) is 4.02. The third-order valence-corrected chi connectivity index (χ3v) is 4.90. The zero-order chi connectivity index (χ0) is 17.1. The van der Waals surface area contributed by atoms with E-state index >= 15 is 0 Å². The van der Waals surface area contributed by atoms with Crippen molar-refractivity contribution in [1.29, 1.82) is 0 Å². The SMILES string of the molecule is Cc1cccc([C@@H](c2nc(CC3CCN(C)CC3)no2)N(C)C)c1. The topological polar surface area (TPSA) is 45.4 Å². The summed E-state index contributed by atoms with van der Waals surface area (Å²) in [5, 5.41) is 4.25. The fourth-order valence-corrected chi connectivity index (χ4v) is 3.49. The number of nitrogens with zero attached hydrogens (tertiary/aromatic N) is 4. The molecule has 0 aliphatic carbocycles. The Kier molecular flexibility index (Phi) is 5.31. The van der Waals surface area contributed by atoms with E-state index in [9.17, 15) is 0 Å². The van der Waals surface area contributed by atoms with Gasteiger partial charge in [0.05, 0.1) is 0 Å². The first-order chi connectivity index (χ1) is 11.5. The molecule has 2 heterocycles. The molecule has 1 aromatic heterocycles. The van der Waals surface area contributed by atoms with Crippen LogP contribution in [-0.4, -0.2) is 54.2 Å². The predicted octanol–water partition coefficient (Wildman–Crippen LogP) is 2.91. The average Bonchev–Trinajstić information content (AvgIpc) is 2.97. The first-order valence-electron chi connectivity index (χ1n) is 8.77. The third-order valence-electron chi connectivity index (χ3n) is 4.90. The molecule has 1 aliphatic heterocycles. The van der Waals surface area contributed by atoms with Crippen molar-refractivity contribution in [3.05, 3.63) is 47.1 Å². The molecule has 1 fully saturated rings. The summed E-state index contributed by atoms with van der Waals surface area (Å²) in [6, 6.07) is 8.50. The molecule has 0 N–H and O–H groups in total. The Labute approximate surface area is 144 Å². The Balaban J connectivity index is 1.74. The van der Waals surface area contributed by atoms with Crippen molar-refractivity contribution in [2.24, 2.45) is 5.92 Å². The first kappa shape index (κ1) is 17.1. The normalized spacial score (nSPS) is 18.2. The highest BCUT2D eigenvalue weighted by atomic mass is 16.5. The van der Waals surface area contributed by atoms with Crippen LogP contribution < -0.4 is 0 Å². The van der Waals surface area contributed by atoms with Crippen molar-refractivity contribution < 1.29 is 4.52 Å². The first-order valence-corrected chi connectivity index (χ1v) is 8.77. The number of hydrogen-bond acceptors (Lipinski definition) is 5. The summed E-state index contributed by atoms with van der Waals surface area (Å²) in [6.07, 6.45) is 3.36. The molecule has 0 amide bonds. The van der Waals surface area contributed by atoms with E-state index in [4.69, 9.17) is 9.51 Å². The molecule has 24 heavy (non-hydrogen) atoms. The number of piperidine rings is 1. The molecule has 3 rings (SSSR count). The van der Waals surface area contributed by atoms with Crippen LogP contribution in [0.2, 0.25) is 0 Å². The summed E-state index contributed by atoms with van der Waals surface area (Å²) in [5.74, 6) is 2.20. The smallest absolute Gasteiger partial charge is 0.248 e. The van der Waals surface area contributed by atoms with E-state index in [-0.39, 0.29) is 6.04 Å². The van der Waals surface area contributed by atoms with Crippen LogP contribution in [0.5, 0.6) is 0 Å². The second kappa shape index (κ2) is 7.45. The van der Waals surface area contributed by atoms with Crippen LogP contribution in [0.15, 0.2) is 28.8 Å². The van der Waals surface area contributed by atoms with Gasteiger partial charge in [0.1, 0.15) is 6.04 Å². The van der Waals surface area contributed by atoms with Crippen LogP contribution in [0.3, 0.4) is 0 Å². The molecular weight excluding hydrogens is 300 g/mol. The van der Waals surface area contributed by atoms with Gasteiger partial charge in [-0.05, 0) is 65.5 Å². The summed E-state index contributed by atoms with van der Waals surface area (Å²) >= 11 is 0. The monoisotopic (exact) mass is 328 g/mol. The molecule has 0 saturated carbocycles. The van der Waals surface area contributed by atoms with Gasteiger partial charge >= 0.3 is 0 Å². The highest BCUT2D eigenvalue weighted by Crippen LogP contribution is 2.27. The number of hydrogen-bond donors (Lipinski definition) is 0. The molecule has 1 saturated heterocycles. The molecule has 0 unspecified atom stereocenters. The van der Waals surface area contributed by atoms with Gasteiger partial charge in [0.25, 0.3) is 0 Å². The largest absolute Gasteiger partial charge is 0.337 e. The predicted molar refractivity (Wildman–Crippen MR) is 94.9 cm³/mol. The van der Waals surface area contributed by atoms with Gasteiger partial charge < -0.3 is 9.42 Å². The Hall–Kier alpha value is -1.72. The highest BCUT2D eigenvalue weighted by Gasteiger charge is 2.25. The van der Waals surface area contributed by atoms with Crippen molar-refractivity contribution in [2.75, 3.05) is 34.2 Å². The molecule has 0 spiro atoms. The van der Waals surface area contributed by atoms with Crippen molar-refractivity contribution >= 4 is 0 Å². The van der Waals surface area contributed by atoms with Gasteiger partial charge in [0.15, 0.2) is 5.82 Å². The van der Waals surface area contributed by atoms with Crippen LogP contribution in [0, 0.1) is 12.8 Å². The molecule has 5 nitrogen and oxygen atoms in total. The zero-order valence-corrected chi connectivity index (χ0v) is 15.2. The lowest BCUT2D eigenvalue weighted by Crippen LogP contribution is -2.31. The van der Waals surface area contributed by atoms with Crippen LogP contribution in [0.25, 0.3) is 0 Å². The lowest BCUT2D eigenvalue weighted by molar-refractivity contribution is 0.216. The molecule has 1 aliphatic rings. The molecular formula is C19H28N4O. The summed E-state index contributed by atoms with van der Waals surface area (Å²) in [7, 11) is 6.29. The number of likely N-dealkylation sites (tertiary alicyclic amines) is 1. The van der Waals surface area contributed by atoms with E-state index in [0.29, 0.717) is 11.8 Å². The maximum absolute atomic E-state index is 5.63. The lowest BCUT2D eigenvalue weighted by Gasteiger charge is -2.28. The average molecular weight is 328 g/mol. The van der Waals surface area contributed by atoms with Gasteiger partial charge in [0.2, 0.25) is 5.89 Å². The second-order valence-electron chi connectivity index (χ2n) is 7.28. The highest BCUT2D eigenvalue weighted by molar-refractivity contribution is 5.28. The fraction of sp³-hybridized carbons (Fsp3) is 0.579. The van der Waals surface area contributed by atoms with Crippen LogP contribution in [0.1, 0.15) is 41.7 Å². The van der Waals surface area contributed by atoms with Crippen molar-refractivity contribution in [2.45, 2.75) is 32.2 Å². The summed E-state index contributed by atoms with van der Waals surface area (Å²) in [6.45, 7) is 4.44. The number of aromatic nitrogens is 2. The molecule has 1 atom stereocenters. The zero-order valence-electron chi connectivity index (χ0n) is 15.2. The van der Waals surface area contributed by atoms with Gasteiger partial charge in [-0.3, -0.25) is 4.90 Å². The number of aryl methyl sites for hydroxylation is 1. The van der Waals surface area contributed by atoms with E-state index in [1.54, 1.807) is 0 Å². The molecule has 0 radical (unpaired) electrons. The second-order valence-corrected chi connectivity index (χ2v) is 7.28. The van der Waals surface area contributed by atoms with E-state index in [1.807, 2.05) is 14.1 Å². The van der Waals surface area contributed by atoms with Crippen LogP contribution in [0.4, 0.5) is 0 Å². The molecule has 0 bridgehead atoms. The maximum Gasteiger partial charge on any atom is 0.248 e. The quantitative estimate of drug-likeness (QED) is 0.844. The van der Waals surface area contributed by atoms with E-state index < -0.39 is 0 Å². The molecule has 130 valence electrons. The Morgan fingerprint density at radius 2 is 2.04 bits per heavy atom. The Morgan fingerprint density at radius 3 is 2.71 bits per heavy atom. The van der Waals surface area contributed by atoms with Gasteiger partial charge in [-0.2, -0.15) is 4.98 Å². The van der Waals surface area contributed by atoms with E-state index in [1.165, 1.54) is 37.1 Å². The van der Waals surface area contributed by atoms with Crippen molar-refractivity contribution in [1.82, 2.24) is 19.9 Å². The van der Waals surface area contributed by atoms with E-state index in [0.717, 1.165) is 12.2 Å². The molecule has 2 aromatic rings. The fourth-order valence-electron chi connectivity index (χ4n) is 3.49. The standard InChI is InChI=1S/C19H28N4O/c1-14-6-5-7-16(12-14)18(22(2)3)19-20-17(21-24-19)13-15-8-10-23(4)11-9-15/h5-7,12,15,18H,8-11,13H2,1-4H3/t18-/m0/s1. The summed E-state index contributed by atoms with van der Waals surface area (Å²) in [4.78, 5) is 9.23. The molecule has 5 heteroatoms. The van der Waals surface area contributed by atoms with Crippen LogP contribution in [-0.2, 0) is 6.42 Å². The number of benzene rings is 1. The summed E-state index contributed by atoms with van der Waals surface area (Å²) < 4.78 is 5.63. The minimum Gasteiger partial charge on any atom is -0.337 e. The maximum atomic E-state index is 5.63. The van der Waals surface area contributed by atoms with Gasteiger partial charge in [-0.15, -0.1) is 0 Å². The Morgan fingerprint density at radius 1 is 1.29 bits per heavy atom. The number of rotatable bonds is 5. The van der Waals surface area contributed by atoms with Crippen molar-refractivity contribution in [3.63, 3.8) is 0 Å².